The van der Waals surface area contributed by atoms with E-state index < -0.39 is 6.04 Å². The molecule has 0 aliphatic rings. The van der Waals surface area contributed by atoms with E-state index >= 15 is 0 Å². The number of benzene rings is 1. The Bertz CT molecular complexity index is 648. The number of hydrogen-bond donors (Lipinski definition) is 1. The summed E-state index contributed by atoms with van der Waals surface area (Å²) < 4.78 is 18.9. The Morgan fingerprint density at radius 2 is 2.29 bits per heavy atom. The zero-order chi connectivity index (χ0) is 11.8. The van der Waals surface area contributed by atoms with Crippen molar-refractivity contribution >= 4 is 22.3 Å². The van der Waals surface area contributed by atoms with Gasteiger partial charge in [0, 0.05) is 10.8 Å². The second kappa shape index (κ2) is 3.94. The molecule has 1 atom stereocenters. The average Bonchev–Trinajstić information content (AvgIpc) is 2.98. The van der Waals surface area contributed by atoms with Crippen molar-refractivity contribution in [3.05, 3.63) is 52.4 Å². The van der Waals surface area contributed by atoms with Gasteiger partial charge in [0.15, 0.2) is 11.4 Å². The molecule has 1 unspecified atom stereocenters. The summed E-state index contributed by atoms with van der Waals surface area (Å²) in [4.78, 5) is 4.12. The van der Waals surface area contributed by atoms with E-state index in [4.69, 9.17) is 10.2 Å². The molecule has 86 valence electrons. The van der Waals surface area contributed by atoms with Gasteiger partial charge in [-0.3, -0.25) is 0 Å². The molecule has 0 saturated heterocycles. The highest BCUT2D eigenvalue weighted by Crippen LogP contribution is 2.27. The molecule has 3 rings (SSSR count). The van der Waals surface area contributed by atoms with Crippen molar-refractivity contribution in [1.29, 1.82) is 0 Å². The van der Waals surface area contributed by atoms with Gasteiger partial charge in [-0.15, -0.1) is 11.3 Å². The molecule has 2 aromatic heterocycles. The third kappa shape index (κ3) is 1.73. The fraction of sp³-hybridized carbons (Fsp3) is 0.0833. The quantitative estimate of drug-likeness (QED) is 0.758. The van der Waals surface area contributed by atoms with Crippen molar-refractivity contribution in [3.63, 3.8) is 0 Å². The molecular formula is C12H9FN2OS. The Balaban J connectivity index is 2.10. The second-order valence-corrected chi connectivity index (χ2v) is 4.42. The van der Waals surface area contributed by atoms with Crippen LogP contribution in [0.1, 0.15) is 17.5 Å². The van der Waals surface area contributed by atoms with Crippen molar-refractivity contribution < 1.29 is 8.81 Å². The molecule has 0 aliphatic carbocycles. The van der Waals surface area contributed by atoms with Crippen LogP contribution in [0, 0.1) is 5.82 Å². The third-order valence-corrected chi connectivity index (χ3v) is 3.20. The smallest absolute Gasteiger partial charge is 0.169 e. The Hall–Kier alpha value is -1.72. The first-order chi connectivity index (χ1) is 8.25. The summed E-state index contributed by atoms with van der Waals surface area (Å²) in [5, 5.41) is 2.57. The van der Waals surface area contributed by atoms with Crippen LogP contribution in [0.4, 0.5) is 4.39 Å². The Kier molecular flexibility index (Phi) is 2.42. The fourth-order valence-electron chi connectivity index (χ4n) is 1.72. The van der Waals surface area contributed by atoms with Crippen LogP contribution in [0.25, 0.3) is 11.0 Å². The molecule has 2 heterocycles. The molecular weight excluding hydrogens is 239 g/mol. The SMILES string of the molecule is NC(c1cscn1)c1cc2cccc(F)c2o1. The van der Waals surface area contributed by atoms with Crippen molar-refractivity contribution in [2.24, 2.45) is 5.73 Å². The first kappa shape index (κ1) is 10.4. The first-order valence-corrected chi connectivity index (χ1v) is 6.01. The molecule has 2 N–H and O–H groups in total. The lowest BCUT2D eigenvalue weighted by Crippen LogP contribution is -2.10. The number of furan rings is 1. The highest BCUT2D eigenvalue weighted by molar-refractivity contribution is 7.07. The highest BCUT2D eigenvalue weighted by atomic mass is 32.1. The van der Waals surface area contributed by atoms with E-state index in [1.54, 1.807) is 23.7 Å². The van der Waals surface area contributed by atoms with Gasteiger partial charge in [-0.05, 0) is 12.1 Å². The first-order valence-electron chi connectivity index (χ1n) is 5.07. The summed E-state index contributed by atoms with van der Waals surface area (Å²) in [7, 11) is 0. The summed E-state index contributed by atoms with van der Waals surface area (Å²) in [5.41, 5.74) is 8.68. The van der Waals surface area contributed by atoms with Crippen LogP contribution in [-0.2, 0) is 0 Å². The van der Waals surface area contributed by atoms with E-state index in [2.05, 4.69) is 4.98 Å². The van der Waals surface area contributed by atoms with Crippen molar-refractivity contribution in [1.82, 2.24) is 4.98 Å². The minimum atomic E-state index is -0.451. The van der Waals surface area contributed by atoms with Gasteiger partial charge in [-0.25, -0.2) is 9.37 Å². The monoisotopic (exact) mass is 248 g/mol. The minimum absolute atomic E-state index is 0.244. The molecule has 0 fully saturated rings. The average molecular weight is 248 g/mol. The van der Waals surface area contributed by atoms with Gasteiger partial charge in [-0.1, -0.05) is 12.1 Å². The van der Waals surface area contributed by atoms with Crippen LogP contribution in [-0.4, -0.2) is 4.98 Å². The van der Waals surface area contributed by atoms with Crippen molar-refractivity contribution in [3.8, 4) is 0 Å². The van der Waals surface area contributed by atoms with Gasteiger partial charge < -0.3 is 10.2 Å². The van der Waals surface area contributed by atoms with Gasteiger partial charge in [-0.2, -0.15) is 0 Å². The van der Waals surface area contributed by atoms with Gasteiger partial charge in [0.2, 0.25) is 0 Å². The molecule has 17 heavy (non-hydrogen) atoms. The topological polar surface area (TPSA) is 52.0 Å². The standard InChI is InChI=1S/C12H9FN2OS/c13-8-3-1-2-7-4-10(16-12(7)8)11(14)9-5-17-6-15-9/h1-6,11H,14H2. The van der Waals surface area contributed by atoms with Crippen LogP contribution in [0.3, 0.4) is 0 Å². The molecule has 0 aliphatic heterocycles. The summed E-state index contributed by atoms with van der Waals surface area (Å²) in [6.07, 6.45) is 0. The maximum absolute atomic E-state index is 13.5. The minimum Gasteiger partial charge on any atom is -0.456 e. The lowest BCUT2D eigenvalue weighted by atomic mass is 10.1. The number of para-hydroxylation sites is 1. The number of rotatable bonds is 2. The largest absolute Gasteiger partial charge is 0.456 e. The second-order valence-electron chi connectivity index (χ2n) is 3.70. The normalized spacial score (nSPS) is 13.1. The fourth-order valence-corrected chi connectivity index (χ4v) is 2.31. The molecule has 0 saturated carbocycles. The van der Waals surface area contributed by atoms with Gasteiger partial charge in [0.1, 0.15) is 11.8 Å². The Morgan fingerprint density at radius 3 is 3.00 bits per heavy atom. The Morgan fingerprint density at radius 1 is 1.41 bits per heavy atom. The number of nitrogens with zero attached hydrogens (tertiary/aromatic N) is 1. The summed E-state index contributed by atoms with van der Waals surface area (Å²) in [5.74, 6) is 0.148. The van der Waals surface area contributed by atoms with Crippen LogP contribution >= 0.6 is 11.3 Å². The van der Waals surface area contributed by atoms with E-state index in [0.29, 0.717) is 11.1 Å². The molecule has 5 heteroatoms. The lowest BCUT2D eigenvalue weighted by molar-refractivity contribution is 0.499. The predicted molar refractivity (Wildman–Crippen MR) is 64.3 cm³/mol. The van der Waals surface area contributed by atoms with E-state index in [-0.39, 0.29) is 11.4 Å². The number of aromatic nitrogens is 1. The maximum atomic E-state index is 13.5. The molecule has 3 aromatic rings. The summed E-state index contributed by atoms with van der Waals surface area (Å²) in [6, 6.07) is 6.10. The highest BCUT2D eigenvalue weighted by Gasteiger charge is 2.17. The number of hydrogen-bond acceptors (Lipinski definition) is 4. The van der Waals surface area contributed by atoms with E-state index in [9.17, 15) is 4.39 Å². The molecule has 0 amide bonds. The number of thiazole rings is 1. The molecule has 3 nitrogen and oxygen atoms in total. The van der Waals surface area contributed by atoms with Crippen LogP contribution < -0.4 is 5.73 Å². The van der Waals surface area contributed by atoms with Crippen LogP contribution in [0.15, 0.2) is 39.6 Å². The van der Waals surface area contributed by atoms with Gasteiger partial charge in [0.25, 0.3) is 0 Å². The van der Waals surface area contributed by atoms with E-state index in [1.165, 1.54) is 17.4 Å². The van der Waals surface area contributed by atoms with E-state index in [1.807, 2.05) is 5.38 Å². The Labute approximate surface area is 101 Å². The number of fused-ring (bicyclic) bond motifs is 1. The van der Waals surface area contributed by atoms with Crippen molar-refractivity contribution in [2.75, 3.05) is 0 Å². The van der Waals surface area contributed by atoms with Gasteiger partial charge in [0.05, 0.1) is 11.2 Å². The van der Waals surface area contributed by atoms with Crippen LogP contribution in [0.5, 0.6) is 0 Å². The zero-order valence-corrected chi connectivity index (χ0v) is 9.58. The molecule has 0 spiro atoms. The molecule has 0 bridgehead atoms. The number of halogens is 1. The number of nitrogens with two attached hydrogens (primary N) is 1. The molecule has 0 radical (unpaired) electrons. The predicted octanol–water partition coefficient (Wildman–Crippen LogP) is 3.08. The molecule has 1 aromatic carbocycles. The summed E-state index contributed by atoms with van der Waals surface area (Å²) in [6.45, 7) is 0. The third-order valence-electron chi connectivity index (χ3n) is 2.59. The lowest BCUT2D eigenvalue weighted by Gasteiger charge is -2.03. The van der Waals surface area contributed by atoms with E-state index in [0.717, 1.165) is 5.69 Å². The summed E-state index contributed by atoms with van der Waals surface area (Å²) >= 11 is 1.47. The maximum Gasteiger partial charge on any atom is 0.169 e. The van der Waals surface area contributed by atoms with Crippen LogP contribution in [0.2, 0.25) is 0 Å². The zero-order valence-electron chi connectivity index (χ0n) is 8.76. The van der Waals surface area contributed by atoms with Gasteiger partial charge >= 0.3 is 0 Å². The van der Waals surface area contributed by atoms with Crippen molar-refractivity contribution in [2.45, 2.75) is 6.04 Å².